The molecule has 10 heteroatoms. The van der Waals surface area contributed by atoms with Gasteiger partial charge in [-0.2, -0.15) is 5.10 Å². The first kappa shape index (κ1) is 23.7. The second kappa shape index (κ2) is 11.1. The molecule has 1 aliphatic rings. The van der Waals surface area contributed by atoms with Crippen LogP contribution in [-0.2, 0) is 14.3 Å². The number of benzene rings is 2. The highest BCUT2D eigenvalue weighted by atomic mass is 32.1. The van der Waals surface area contributed by atoms with Crippen LogP contribution in [0.25, 0.3) is 0 Å². The summed E-state index contributed by atoms with van der Waals surface area (Å²) in [4.78, 5) is 24.8. The van der Waals surface area contributed by atoms with E-state index < -0.39 is 17.9 Å². The van der Waals surface area contributed by atoms with Crippen LogP contribution in [0.3, 0.4) is 0 Å². The molecule has 0 bridgehead atoms. The van der Waals surface area contributed by atoms with Gasteiger partial charge in [0.15, 0.2) is 11.7 Å². The fourth-order valence-electron chi connectivity index (χ4n) is 3.17. The van der Waals surface area contributed by atoms with Crippen molar-refractivity contribution >= 4 is 35.4 Å². The maximum atomic E-state index is 12.6. The normalized spacial score (nSPS) is 15.6. The molecule has 0 aromatic heterocycles. The zero-order valence-corrected chi connectivity index (χ0v) is 18.9. The summed E-state index contributed by atoms with van der Waals surface area (Å²) >= 11 is 5.27. The standard InChI is InChI=1S/C23H24N4O5S/c1-3-31-22(30)20-14(2)25-23(33)26-21(20)17-6-4-5-7-18(17)32-13-19(29)27-24-12-15-8-10-16(28)11-9-15/h4-12,21,28H,3,13H2,1-2H3,(H,27,29)(H2,25,26,33)/t21-/m0/s1. The van der Waals surface area contributed by atoms with Gasteiger partial charge in [-0.1, -0.05) is 18.2 Å². The Bertz CT molecular complexity index is 1100. The minimum absolute atomic E-state index is 0.142. The average Bonchev–Trinajstić information content (AvgIpc) is 2.79. The minimum atomic E-state index is -0.607. The third kappa shape index (κ3) is 6.30. The van der Waals surface area contributed by atoms with Crippen LogP contribution in [-0.4, -0.2) is 41.5 Å². The predicted octanol–water partition coefficient (Wildman–Crippen LogP) is 2.28. The third-order valence-electron chi connectivity index (χ3n) is 4.65. The maximum absolute atomic E-state index is 12.6. The Labute approximate surface area is 196 Å². The number of hydrazone groups is 1. The summed E-state index contributed by atoms with van der Waals surface area (Å²) in [6.45, 7) is 3.42. The number of allylic oxidation sites excluding steroid dienone is 1. The van der Waals surface area contributed by atoms with Gasteiger partial charge in [0.2, 0.25) is 0 Å². The number of phenolic OH excluding ortho intramolecular Hbond substituents is 1. The van der Waals surface area contributed by atoms with Gasteiger partial charge in [0, 0.05) is 11.3 Å². The Hall–Kier alpha value is -3.92. The van der Waals surface area contributed by atoms with Crippen molar-refractivity contribution in [2.24, 2.45) is 5.10 Å². The molecule has 33 heavy (non-hydrogen) atoms. The second-order valence-electron chi connectivity index (χ2n) is 7.00. The van der Waals surface area contributed by atoms with Gasteiger partial charge in [0.05, 0.1) is 24.4 Å². The number of thiocarbonyl (C=S) groups is 1. The quantitative estimate of drug-likeness (QED) is 0.202. The molecule has 0 spiro atoms. The Morgan fingerprint density at radius 2 is 1.94 bits per heavy atom. The number of amides is 1. The van der Waals surface area contributed by atoms with E-state index in [0.717, 1.165) is 0 Å². The van der Waals surface area contributed by atoms with Crippen molar-refractivity contribution in [3.8, 4) is 11.5 Å². The molecule has 172 valence electrons. The molecule has 1 amide bonds. The summed E-state index contributed by atoms with van der Waals surface area (Å²) in [6.07, 6.45) is 1.45. The lowest BCUT2D eigenvalue weighted by atomic mass is 9.95. The van der Waals surface area contributed by atoms with Gasteiger partial charge in [0.1, 0.15) is 11.5 Å². The molecule has 0 saturated carbocycles. The van der Waals surface area contributed by atoms with Crippen molar-refractivity contribution < 1.29 is 24.2 Å². The van der Waals surface area contributed by atoms with E-state index in [0.29, 0.717) is 33.3 Å². The van der Waals surface area contributed by atoms with E-state index in [1.165, 1.54) is 18.3 Å². The number of esters is 1. The number of ether oxygens (including phenoxy) is 2. The molecule has 3 rings (SSSR count). The molecule has 2 aromatic rings. The van der Waals surface area contributed by atoms with Gasteiger partial charge >= 0.3 is 5.97 Å². The van der Waals surface area contributed by atoms with E-state index in [4.69, 9.17) is 21.7 Å². The van der Waals surface area contributed by atoms with Crippen LogP contribution in [0.4, 0.5) is 0 Å². The van der Waals surface area contributed by atoms with Crippen LogP contribution >= 0.6 is 12.2 Å². The molecule has 0 unspecified atom stereocenters. The van der Waals surface area contributed by atoms with Crippen LogP contribution in [0.1, 0.15) is 31.0 Å². The van der Waals surface area contributed by atoms with Gasteiger partial charge in [-0.05, 0) is 62.0 Å². The SMILES string of the molecule is CCOC(=O)C1=C(C)NC(=S)N[C@H]1c1ccccc1OCC(=O)NN=Cc1ccc(O)cc1. The highest BCUT2D eigenvalue weighted by Gasteiger charge is 2.32. The monoisotopic (exact) mass is 468 g/mol. The number of phenols is 1. The summed E-state index contributed by atoms with van der Waals surface area (Å²) in [6, 6.07) is 12.8. The van der Waals surface area contributed by atoms with Crippen molar-refractivity contribution in [2.45, 2.75) is 19.9 Å². The fraction of sp³-hybridized carbons (Fsp3) is 0.217. The molecule has 2 aromatic carbocycles. The molecule has 1 aliphatic heterocycles. The zero-order valence-electron chi connectivity index (χ0n) is 18.1. The zero-order chi connectivity index (χ0) is 23.8. The number of hydrogen-bond donors (Lipinski definition) is 4. The molecule has 9 nitrogen and oxygen atoms in total. The van der Waals surface area contributed by atoms with Crippen molar-refractivity contribution in [1.29, 1.82) is 0 Å². The van der Waals surface area contributed by atoms with E-state index >= 15 is 0 Å². The van der Waals surface area contributed by atoms with Crippen molar-refractivity contribution in [1.82, 2.24) is 16.1 Å². The molecule has 1 atom stereocenters. The van der Waals surface area contributed by atoms with E-state index in [1.807, 2.05) is 0 Å². The van der Waals surface area contributed by atoms with Gasteiger partial charge in [-0.25, -0.2) is 10.2 Å². The van der Waals surface area contributed by atoms with E-state index in [1.54, 1.807) is 50.2 Å². The molecule has 0 radical (unpaired) electrons. The number of nitrogens with zero attached hydrogens (tertiary/aromatic N) is 1. The van der Waals surface area contributed by atoms with Gasteiger partial charge in [-0.3, -0.25) is 4.79 Å². The van der Waals surface area contributed by atoms with Crippen molar-refractivity contribution in [2.75, 3.05) is 13.2 Å². The first-order chi connectivity index (χ1) is 15.9. The summed E-state index contributed by atoms with van der Waals surface area (Å²) in [7, 11) is 0. The molecular weight excluding hydrogens is 444 g/mol. The average molecular weight is 469 g/mol. The number of rotatable bonds is 8. The highest BCUT2D eigenvalue weighted by molar-refractivity contribution is 7.80. The Morgan fingerprint density at radius 3 is 2.67 bits per heavy atom. The van der Waals surface area contributed by atoms with E-state index in [9.17, 15) is 14.7 Å². The predicted molar refractivity (Wildman–Crippen MR) is 127 cm³/mol. The van der Waals surface area contributed by atoms with Gasteiger partial charge in [-0.15, -0.1) is 0 Å². The van der Waals surface area contributed by atoms with Crippen LogP contribution < -0.4 is 20.8 Å². The van der Waals surface area contributed by atoms with Gasteiger partial charge < -0.3 is 25.2 Å². The largest absolute Gasteiger partial charge is 0.508 e. The van der Waals surface area contributed by atoms with Crippen LogP contribution in [0.2, 0.25) is 0 Å². The van der Waals surface area contributed by atoms with E-state index in [-0.39, 0.29) is 19.0 Å². The lowest BCUT2D eigenvalue weighted by Crippen LogP contribution is -2.45. The first-order valence-corrected chi connectivity index (χ1v) is 10.6. The smallest absolute Gasteiger partial charge is 0.338 e. The maximum Gasteiger partial charge on any atom is 0.338 e. The van der Waals surface area contributed by atoms with Gasteiger partial charge in [0.25, 0.3) is 5.91 Å². The summed E-state index contributed by atoms with van der Waals surface area (Å²) in [5.74, 6) is -0.389. The van der Waals surface area contributed by atoms with Crippen LogP contribution in [0, 0.1) is 0 Å². The second-order valence-corrected chi connectivity index (χ2v) is 7.41. The highest BCUT2D eigenvalue weighted by Crippen LogP contribution is 2.33. The number of hydrogen-bond acceptors (Lipinski definition) is 7. The lowest BCUT2D eigenvalue weighted by molar-refractivity contribution is -0.139. The van der Waals surface area contributed by atoms with Crippen molar-refractivity contribution in [3.05, 3.63) is 70.9 Å². The molecular formula is C23H24N4O5S. The molecule has 1 heterocycles. The molecule has 4 N–H and O–H groups in total. The number of carbonyl (C=O) groups is 2. The number of para-hydroxylation sites is 1. The third-order valence-corrected chi connectivity index (χ3v) is 4.87. The topological polar surface area (TPSA) is 121 Å². The fourth-order valence-corrected chi connectivity index (χ4v) is 3.44. The van der Waals surface area contributed by atoms with Crippen LogP contribution in [0.15, 0.2) is 64.9 Å². The Balaban J connectivity index is 1.71. The Morgan fingerprint density at radius 1 is 1.21 bits per heavy atom. The summed E-state index contributed by atoms with van der Waals surface area (Å²) in [5.41, 5.74) is 4.68. The Kier molecular flexibility index (Phi) is 7.98. The molecule has 0 saturated heterocycles. The molecule has 0 fully saturated rings. The minimum Gasteiger partial charge on any atom is -0.508 e. The lowest BCUT2D eigenvalue weighted by Gasteiger charge is -2.30. The van der Waals surface area contributed by atoms with E-state index in [2.05, 4.69) is 21.2 Å². The van der Waals surface area contributed by atoms with Crippen molar-refractivity contribution in [3.63, 3.8) is 0 Å². The number of carbonyl (C=O) groups excluding carboxylic acids is 2. The summed E-state index contributed by atoms with van der Waals surface area (Å²) in [5, 5.41) is 19.6. The van der Waals surface area contributed by atoms with Crippen LogP contribution in [0.5, 0.6) is 11.5 Å². The first-order valence-electron chi connectivity index (χ1n) is 10.2. The number of nitrogens with one attached hydrogen (secondary N) is 3. The number of aromatic hydroxyl groups is 1. The summed E-state index contributed by atoms with van der Waals surface area (Å²) < 4.78 is 10.9. The molecule has 0 aliphatic carbocycles.